The summed E-state index contributed by atoms with van der Waals surface area (Å²) in [7, 11) is 3.46. The quantitative estimate of drug-likeness (QED) is 0.933. The van der Waals surface area contributed by atoms with Crippen molar-refractivity contribution < 1.29 is 9.53 Å². The number of benzene rings is 1. The molecular weight excluding hydrogens is 276 g/mol. The van der Waals surface area contributed by atoms with E-state index in [1.165, 1.54) is 0 Å². The second-order valence-electron chi connectivity index (χ2n) is 5.48. The minimum absolute atomic E-state index is 0.110. The molecular formula is C15H21ClN2O2. The first-order valence-electron chi connectivity index (χ1n) is 6.73. The molecule has 1 aliphatic rings. The summed E-state index contributed by atoms with van der Waals surface area (Å²) < 4.78 is 5.59. The summed E-state index contributed by atoms with van der Waals surface area (Å²) in [5.74, 6) is 1.03. The number of carbonyl (C=O) groups excluding carboxylic acids is 1. The van der Waals surface area contributed by atoms with Gasteiger partial charge in [-0.3, -0.25) is 4.79 Å². The SMILES string of the molecule is COc1c(C(C)N)cc(Cl)c(C)c1C1CC(=O)N(C)C1. The van der Waals surface area contributed by atoms with Crippen molar-refractivity contribution in [1.82, 2.24) is 4.90 Å². The molecule has 0 spiro atoms. The van der Waals surface area contributed by atoms with E-state index in [9.17, 15) is 4.79 Å². The number of hydrogen-bond acceptors (Lipinski definition) is 3. The number of amides is 1. The van der Waals surface area contributed by atoms with Gasteiger partial charge >= 0.3 is 0 Å². The molecule has 0 aromatic heterocycles. The number of likely N-dealkylation sites (tertiary alicyclic amines) is 1. The van der Waals surface area contributed by atoms with Crippen LogP contribution in [0.3, 0.4) is 0 Å². The van der Waals surface area contributed by atoms with Crippen LogP contribution in [0.1, 0.15) is 42.0 Å². The van der Waals surface area contributed by atoms with E-state index in [-0.39, 0.29) is 17.9 Å². The van der Waals surface area contributed by atoms with Crippen molar-refractivity contribution >= 4 is 17.5 Å². The molecule has 5 heteroatoms. The normalized spacial score (nSPS) is 20.4. The summed E-state index contributed by atoms with van der Waals surface area (Å²) in [6, 6.07) is 1.70. The van der Waals surface area contributed by atoms with E-state index >= 15 is 0 Å². The highest BCUT2D eigenvalue weighted by molar-refractivity contribution is 6.31. The molecule has 2 N–H and O–H groups in total. The van der Waals surface area contributed by atoms with Crippen molar-refractivity contribution in [3.63, 3.8) is 0 Å². The highest BCUT2D eigenvalue weighted by Gasteiger charge is 2.33. The third-order valence-corrected chi connectivity index (χ3v) is 4.39. The summed E-state index contributed by atoms with van der Waals surface area (Å²) >= 11 is 6.33. The van der Waals surface area contributed by atoms with E-state index in [0.717, 1.165) is 22.4 Å². The fraction of sp³-hybridized carbons (Fsp3) is 0.533. The van der Waals surface area contributed by atoms with E-state index < -0.39 is 0 Å². The van der Waals surface area contributed by atoms with Crippen LogP contribution >= 0.6 is 11.6 Å². The van der Waals surface area contributed by atoms with Crippen LogP contribution in [-0.4, -0.2) is 31.5 Å². The summed E-state index contributed by atoms with van der Waals surface area (Å²) in [4.78, 5) is 13.5. The van der Waals surface area contributed by atoms with Gasteiger partial charge in [-0.25, -0.2) is 0 Å². The number of hydrogen-bond donors (Lipinski definition) is 1. The van der Waals surface area contributed by atoms with Crippen molar-refractivity contribution in [2.45, 2.75) is 32.2 Å². The van der Waals surface area contributed by atoms with Gasteiger partial charge in [-0.15, -0.1) is 0 Å². The Hall–Kier alpha value is -1.26. The lowest BCUT2D eigenvalue weighted by Gasteiger charge is -2.22. The number of methoxy groups -OCH3 is 1. The molecule has 1 amide bonds. The lowest BCUT2D eigenvalue weighted by molar-refractivity contribution is -0.126. The number of halogens is 1. The molecule has 1 heterocycles. The third-order valence-electron chi connectivity index (χ3n) is 4.00. The van der Waals surface area contributed by atoms with E-state index in [1.807, 2.05) is 27.0 Å². The van der Waals surface area contributed by atoms with Crippen molar-refractivity contribution in [1.29, 1.82) is 0 Å². The highest BCUT2D eigenvalue weighted by atomic mass is 35.5. The largest absolute Gasteiger partial charge is 0.496 e. The minimum Gasteiger partial charge on any atom is -0.496 e. The monoisotopic (exact) mass is 296 g/mol. The van der Waals surface area contributed by atoms with Crippen LogP contribution in [0.15, 0.2) is 6.07 Å². The van der Waals surface area contributed by atoms with Crippen LogP contribution in [0.2, 0.25) is 5.02 Å². The molecule has 0 bridgehead atoms. The molecule has 0 saturated carbocycles. The van der Waals surface area contributed by atoms with Gasteiger partial charge in [0.1, 0.15) is 5.75 Å². The van der Waals surface area contributed by atoms with Crippen molar-refractivity contribution in [2.75, 3.05) is 20.7 Å². The lowest BCUT2D eigenvalue weighted by Crippen LogP contribution is -2.19. The second-order valence-corrected chi connectivity index (χ2v) is 5.89. The number of ether oxygens (including phenoxy) is 1. The lowest BCUT2D eigenvalue weighted by atomic mass is 9.89. The molecule has 2 unspecified atom stereocenters. The summed E-state index contributed by atoms with van der Waals surface area (Å²) in [5.41, 5.74) is 8.90. The van der Waals surface area contributed by atoms with Gasteiger partial charge in [0.2, 0.25) is 5.91 Å². The first-order chi connectivity index (χ1) is 9.36. The number of likely N-dealkylation sites (N-methyl/N-ethyl adjacent to an activating group) is 1. The zero-order valence-electron chi connectivity index (χ0n) is 12.4. The van der Waals surface area contributed by atoms with E-state index in [1.54, 1.807) is 12.0 Å². The molecule has 1 aromatic rings. The Morgan fingerprint density at radius 2 is 2.20 bits per heavy atom. The minimum atomic E-state index is -0.170. The van der Waals surface area contributed by atoms with Gasteiger partial charge in [-0.05, 0) is 25.5 Å². The molecule has 4 nitrogen and oxygen atoms in total. The maximum atomic E-state index is 11.8. The van der Waals surface area contributed by atoms with Crippen molar-refractivity contribution in [3.8, 4) is 5.75 Å². The fourth-order valence-electron chi connectivity index (χ4n) is 2.88. The molecule has 0 aliphatic carbocycles. The van der Waals surface area contributed by atoms with Gasteiger partial charge < -0.3 is 15.4 Å². The Labute approximate surface area is 124 Å². The van der Waals surface area contributed by atoms with Crippen LogP contribution in [0.25, 0.3) is 0 Å². The molecule has 1 aromatic carbocycles. The summed E-state index contributed by atoms with van der Waals surface area (Å²) in [6.07, 6.45) is 0.492. The molecule has 2 atom stereocenters. The van der Waals surface area contributed by atoms with Gasteiger partial charge in [-0.1, -0.05) is 11.6 Å². The summed E-state index contributed by atoms with van der Waals surface area (Å²) in [5, 5.41) is 0.676. The molecule has 2 rings (SSSR count). The standard InChI is InChI=1S/C15H21ClN2O2/c1-8-12(16)6-11(9(2)17)15(20-4)14(8)10-5-13(19)18(3)7-10/h6,9-10H,5,7,17H2,1-4H3. The Kier molecular flexibility index (Phi) is 4.25. The molecule has 1 fully saturated rings. The number of carbonyl (C=O) groups is 1. The molecule has 0 radical (unpaired) electrons. The van der Waals surface area contributed by atoms with Gasteiger partial charge in [0.15, 0.2) is 0 Å². The maximum Gasteiger partial charge on any atom is 0.223 e. The Bertz CT molecular complexity index is 543. The zero-order chi connectivity index (χ0) is 15.0. The number of nitrogens with zero attached hydrogens (tertiary/aromatic N) is 1. The first-order valence-corrected chi connectivity index (χ1v) is 7.11. The highest BCUT2D eigenvalue weighted by Crippen LogP contribution is 2.42. The van der Waals surface area contributed by atoms with Gasteiger partial charge in [0, 0.05) is 48.1 Å². The number of rotatable bonds is 3. The maximum absolute atomic E-state index is 11.8. The molecule has 1 saturated heterocycles. The Morgan fingerprint density at radius 1 is 1.55 bits per heavy atom. The topological polar surface area (TPSA) is 55.6 Å². The van der Waals surface area contributed by atoms with Crippen LogP contribution in [-0.2, 0) is 4.79 Å². The average molecular weight is 297 g/mol. The van der Waals surface area contributed by atoms with Crippen LogP contribution in [0, 0.1) is 6.92 Å². The van der Waals surface area contributed by atoms with Crippen LogP contribution in [0.4, 0.5) is 0 Å². The van der Waals surface area contributed by atoms with Gasteiger partial charge in [-0.2, -0.15) is 0 Å². The number of nitrogens with two attached hydrogens (primary N) is 1. The fourth-order valence-corrected chi connectivity index (χ4v) is 3.10. The van der Waals surface area contributed by atoms with Crippen molar-refractivity contribution in [2.24, 2.45) is 5.73 Å². The van der Waals surface area contributed by atoms with Crippen LogP contribution in [0.5, 0.6) is 5.75 Å². The predicted octanol–water partition coefficient (Wildman–Crippen LogP) is 2.62. The van der Waals surface area contributed by atoms with Gasteiger partial charge in [0.05, 0.1) is 7.11 Å². The zero-order valence-corrected chi connectivity index (χ0v) is 13.1. The third kappa shape index (κ3) is 2.50. The molecule has 1 aliphatic heterocycles. The molecule has 110 valence electrons. The van der Waals surface area contributed by atoms with E-state index in [2.05, 4.69) is 0 Å². The molecule has 20 heavy (non-hydrogen) atoms. The predicted molar refractivity (Wildman–Crippen MR) is 80.3 cm³/mol. The second kappa shape index (κ2) is 5.62. The van der Waals surface area contributed by atoms with Crippen LogP contribution < -0.4 is 10.5 Å². The van der Waals surface area contributed by atoms with E-state index in [4.69, 9.17) is 22.1 Å². The van der Waals surface area contributed by atoms with Gasteiger partial charge in [0.25, 0.3) is 0 Å². The van der Waals surface area contributed by atoms with E-state index in [0.29, 0.717) is 18.0 Å². The first kappa shape index (κ1) is 15.1. The smallest absolute Gasteiger partial charge is 0.223 e. The van der Waals surface area contributed by atoms with Crippen molar-refractivity contribution in [3.05, 3.63) is 27.8 Å². The Balaban J connectivity index is 2.59. The summed E-state index contributed by atoms with van der Waals surface area (Å²) in [6.45, 7) is 4.56. The Morgan fingerprint density at radius 3 is 2.65 bits per heavy atom. The average Bonchev–Trinajstić information content (AvgIpc) is 2.71.